The summed E-state index contributed by atoms with van der Waals surface area (Å²) in [7, 11) is 0. The topological polar surface area (TPSA) is 83.5 Å². The average molecular weight is 414 g/mol. The first-order chi connectivity index (χ1) is 14.1. The molecule has 0 aliphatic heterocycles. The maximum atomic E-state index is 5.97. The number of aromatic nitrogens is 7. The number of rotatable bonds is 10. The van der Waals surface area contributed by atoms with Gasteiger partial charge in [-0.2, -0.15) is 0 Å². The quantitative estimate of drug-likeness (QED) is 0.469. The Hall–Kier alpha value is -2.42. The lowest BCUT2D eigenvalue weighted by Crippen LogP contribution is -2.12. The van der Waals surface area contributed by atoms with E-state index < -0.39 is 0 Å². The van der Waals surface area contributed by atoms with Gasteiger partial charge in [0.15, 0.2) is 16.8 Å². The molecule has 1 aliphatic carbocycles. The van der Waals surface area contributed by atoms with Crippen LogP contribution < -0.4 is 4.74 Å². The Bertz CT molecular complexity index is 931. The van der Waals surface area contributed by atoms with E-state index in [-0.39, 0.29) is 0 Å². The third-order valence-corrected chi connectivity index (χ3v) is 5.79. The highest BCUT2D eigenvalue weighted by Crippen LogP contribution is 2.35. The van der Waals surface area contributed by atoms with Crippen molar-refractivity contribution in [3.8, 4) is 5.75 Å². The molecule has 0 bridgehead atoms. The standard InChI is InChI=1S/C20H27N7OS/c1-4-15-5-9-17(10-6-15)28-12-18-21-23-20(26(18)11-14(2)3)29-13-19-22-24-25-27(19)16-7-8-16/h5-6,9-10,14,16H,4,7-8,11-13H2,1-3H3. The molecule has 2 heterocycles. The summed E-state index contributed by atoms with van der Waals surface area (Å²) in [5.74, 6) is 3.73. The summed E-state index contributed by atoms with van der Waals surface area (Å²) in [5, 5.41) is 21.8. The molecule has 3 aromatic rings. The second-order valence-corrected chi connectivity index (χ2v) is 8.69. The van der Waals surface area contributed by atoms with Gasteiger partial charge in [0.1, 0.15) is 12.4 Å². The van der Waals surface area contributed by atoms with E-state index in [0.717, 1.165) is 48.4 Å². The van der Waals surface area contributed by atoms with E-state index >= 15 is 0 Å². The molecule has 9 heteroatoms. The number of tetrazole rings is 1. The predicted octanol–water partition coefficient (Wildman–Crippen LogP) is 3.69. The lowest BCUT2D eigenvalue weighted by Gasteiger charge is -2.13. The van der Waals surface area contributed by atoms with Crippen molar-refractivity contribution in [1.29, 1.82) is 0 Å². The molecule has 154 valence electrons. The molecule has 2 aromatic heterocycles. The Kier molecular flexibility index (Phi) is 6.13. The summed E-state index contributed by atoms with van der Waals surface area (Å²) in [6.45, 7) is 7.76. The third-order valence-electron chi connectivity index (χ3n) is 4.82. The summed E-state index contributed by atoms with van der Waals surface area (Å²) >= 11 is 1.62. The van der Waals surface area contributed by atoms with Crippen LogP contribution in [0, 0.1) is 5.92 Å². The van der Waals surface area contributed by atoms with E-state index in [1.54, 1.807) is 11.8 Å². The van der Waals surface area contributed by atoms with Crippen LogP contribution in [0.2, 0.25) is 0 Å². The zero-order valence-corrected chi connectivity index (χ0v) is 18.0. The lowest BCUT2D eigenvalue weighted by molar-refractivity contribution is 0.284. The van der Waals surface area contributed by atoms with Gasteiger partial charge in [-0.25, -0.2) is 4.68 Å². The first-order valence-corrected chi connectivity index (χ1v) is 11.2. The van der Waals surface area contributed by atoms with Crippen LogP contribution in [-0.2, 0) is 25.3 Å². The van der Waals surface area contributed by atoms with E-state index in [1.165, 1.54) is 5.56 Å². The molecule has 0 unspecified atom stereocenters. The molecule has 0 amide bonds. The van der Waals surface area contributed by atoms with E-state index in [2.05, 4.69) is 63.2 Å². The van der Waals surface area contributed by atoms with Crippen LogP contribution in [0.15, 0.2) is 29.4 Å². The SMILES string of the molecule is CCc1ccc(OCc2nnc(SCc3nnnn3C3CC3)n2CC(C)C)cc1. The largest absolute Gasteiger partial charge is 0.486 e. The van der Waals surface area contributed by atoms with Crippen molar-refractivity contribution in [1.82, 2.24) is 35.0 Å². The van der Waals surface area contributed by atoms with Crippen molar-refractivity contribution in [3.05, 3.63) is 41.5 Å². The molecule has 4 rings (SSSR count). The van der Waals surface area contributed by atoms with Crippen LogP contribution in [0.4, 0.5) is 0 Å². The van der Waals surface area contributed by atoms with Crippen molar-refractivity contribution in [3.63, 3.8) is 0 Å². The first-order valence-electron chi connectivity index (χ1n) is 10.2. The monoisotopic (exact) mass is 413 g/mol. The number of nitrogens with zero attached hydrogens (tertiary/aromatic N) is 7. The zero-order valence-electron chi connectivity index (χ0n) is 17.2. The Labute approximate surface area is 175 Å². The van der Waals surface area contributed by atoms with Crippen LogP contribution >= 0.6 is 11.8 Å². The molecular weight excluding hydrogens is 386 g/mol. The van der Waals surface area contributed by atoms with Gasteiger partial charge in [0.05, 0.1) is 11.8 Å². The molecular formula is C20H27N7OS. The van der Waals surface area contributed by atoms with Crippen LogP contribution in [-0.4, -0.2) is 35.0 Å². The Balaban J connectivity index is 1.44. The Morgan fingerprint density at radius 3 is 2.59 bits per heavy atom. The van der Waals surface area contributed by atoms with Crippen LogP contribution in [0.3, 0.4) is 0 Å². The minimum Gasteiger partial charge on any atom is -0.486 e. The molecule has 1 saturated carbocycles. The van der Waals surface area contributed by atoms with Gasteiger partial charge >= 0.3 is 0 Å². The molecule has 1 aliphatic rings. The molecule has 8 nitrogen and oxygen atoms in total. The van der Waals surface area contributed by atoms with E-state index in [9.17, 15) is 0 Å². The minimum absolute atomic E-state index is 0.394. The smallest absolute Gasteiger partial charge is 0.191 e. The zero-order chi connectivity index (χ0) is 20.2. The van der Waals surface area contributed by atoms with Crippen molar-refractivity contribution >= 4 is 11.8 Å². The van der Waals surface area contributed by atoms with Crippen LogP contribution in [0.25, 0.3) is 0 Å². The van der Waals surface area contributed by atoms with Crippen molar-refractivity contribution in [2.45, 2.75) is 70.1 Å². The maximum absolute atomic E-state index is 5.97. The fourth-order valence-corrected chi connectivity index (χ4v) is 3.97. The van der Waals surface area contributed by atoms with Crippen molar-refractivity contribution in [2.75, 3.05) is 0 Å². The number of thioether (sulfide) groups is 1. The molecule has 1 fully saturated rings. The van der Waals surface area contributed by atoms with Crippen LogP contribution in [0.1, 0.15) is 56.9 Å². The summed E-state index contributed by atoms with van der Waals surface area (Å²) in [5.41, 5.74) is 1.30. The Morgan fingerprint density at radius 2 is 1.90 bits per heavy atom. The summed E-state index contributed by atoms with van der Waals surface area (Å²) in [4.78, 5) is 0. The number of hydrogen-bond donors (Lipinski definition) is 0. The highest BCUT2D eigenvalue weighted by Gasteiger charge is 2.28. The summed E-state index contributed by atoms with van der Waals surface area (Å²) in [6, 6.07) is 8.68. The second kappa shape index (κ2) is 8.94. The van der Waals surface area contributed by atoms with Gasteiger partial charge in [0, 0.05) is 6.54 Å². The predicted molar refractivity (Wildman–Crippen MR) is 111 cm³/mol. The highest BCUT2D eigenvalue weighted by molar-refractivity contribution is 7.98. The normalized spacial score (nSPS) is 13.9. The van der Waals surface area contributed by atoms with Crippen molar-refractivity contribution in [2.24, 2.45) is 5.92 Å². The average Bonchev–Trinajstić information content (AvgIpc) is 3.34. The Morgan fingerprint density at radius 1 is 1.10 bits per heavy atom. The number of ether oxygens (including phenoxy) is 1. The molecule has 0 saturated heterocycles. The van der Waals surface area contributed by atoms with Crippen LogP contribution in [0.5, 0.6) is 5.75 Å². The van der Waals surface area contributed by atoms with Gasteiger partial charge in [-0.1, -0.05) is 44.7 Å². The van der Waals surface area contributed by atoms with E-state index in [0.29, 0.717) is 24.3 Å². The fourth-order valence-electron chi connectivity index (χ4n) is 3.09. The first kappa shape index (κ1) is 19.9. The van der Waals surface area contributed by atoms with Gasteiger partial charge in [0.2, 0.25) is 0 Å². The second-order valence-electron chi connectivity index (χ2n) is 7.75. The van der Waals surface area contributed by atoms with Gasteiger partial charge in [-0.05, 0) is 53.3 Å². The number of aryl methyl sites for hydroxylation is 1. The molecule has 0 N–H and O–H groups in total. The summed E-state index contributed by atoms with van der Waals surface area (Å²) < 4.78 is 10.1. The van der Waals surface area contributed by atoms with Gasteiger partial charge in [-0.3, -0.25) is 0 Å². The van der Waals surface area contributed by atoms with Gasteiger partial charge in [-0.15, -0.1) is 15.3 Å². The van der Waals surface area contributed by atoms with E-state index in [4.69, 9.17) is 4.74 Å². The molecule has 1 aromatic carbocycles. The van der Waals surface area contributed by atoms with Gasteiger partial charge in [0.25, 0.3) is 0 Å². The molecule has 29 heavy (non-hydrogen) atoms. The van der Waals surface area contributed by atoms with Gasteiger partial charge < -0.3 is 9.30 Å². The molecule has 0 radical (unpaired) electrons. The van der Waals surface area contributed by atoms with Crippen molar-refractivity contribution < 1.29 is 4.74 Å². The van der Waals surface area contributed by atoms with E-state index in [1.807, 2.05) is 16.8 Å². The number of hydrogen-bond acceptors (Lipinski definition) is 7. The highest BCUT2D eigenvalue weighted by atomic mass is 32.2. The number of benzene rings is 1. The lowest BCUT2D eigenvalue weighted by atomic mass is 10.2. The summed E-state index contributed by atoms with van der Waals surface area (Å²) in [6.07, 6.45) is 3.34. The molecule has 0 atom stereocenters. The third kappa shape index (κ3) is 4.95. The minimum atomic E-state index is 0.394. The maximum Gasteiger partial charge on any atom is 0.191 e. The fraction of sp³-hybridized carbons (Fsp3) is 0.550. The molecule has 0 spiro atoms.